The van der Waals surface area contributed by atoms with Crippen molar-refractivity contribution in [1.29, 1.82) is 0 Å². The standard InChI is InChI=1S/C5H14NO4P/c1-6(2)4-3-5-10-11(7,8)9/h3-5H2,1-2H3,(H2,7,8,9)/p+1. The second-order valence-electron chi connectivity index (χ2n) is 2.63. The lowest BCUT2D eigenvalue weighted by Gasteiger charge is -2.07. The van der Waals surface area contributed by atoms with Gasteiger partial charge in [0.05, 0.1) is 27.2 Å². The van der Waals surface area contributed by atoms with Crippen LogP contribution in [0.1, 0.15) is 6.42 Å². The number of nitrogens with one attached hydrogen (secondary N) is 1. The van der Waals surface area contributed by atoms with E-state index in [4.69, 9.17) is 9.79 Å². The van der Waals surface area contributed by atoms with Crippen LogP contribution in [0.2, 0.25) is 0 Å². The highest BCUT2D eigenvalue weighted by atomic mass is 31.2. The lowest BCUT2D eigenvalue weighted by Crippen LogP contribution is -3.05. The van der Waals surface area contributed by atoms with Crippen molar-refractivity contribution in [3.8, 4) is 0 Å². The molecule has 0 radical (unpaired) electrons. The first kappa shape index (κ1) is 11.1. The zero-order valence-electron chi connectivity index (χ0n) is 6.78. The summed E-state index contributed by atoms with van der Waals surface area (Å²) in [6, 6.07) is 0. The second kappa shape index (κ2) is 4.85. The third-order valence-electron chi connectivity index (χ3n) is 1.08. The van der Waals surface area contributed by atoms with Gasteiger partial charge in [-0.1, -0.05) is 0 Å². The molecule has 11 heavy (non-hydrogen) atoms. The molecule has 3 N–H and O–H groups in total. The highest BCUT2D eigenvalue weighted by Gasteiger charge is 2.12. The molecule has 0 fully saturated rings. The Bertz CT molecular complexity index is 143. The molecule has 0 aliphatic rings. The summed E-state index contributed by atoms with van der Waals surface area (Å²) in [5.41, 5.74) is 0. The van der Waals surface area contributed by atoms with Crippen LogP contribution in [0.5, 0.6) is 0 Å². The average molecular weight is 184 g/mol. The SMILES string of the molecule is C[NH+](C)CCCOP(=O)(O)O. The fourth-order valence-corrected chi connectivity index (χ4v) is 0.976. The van der Waals surface area contributed by atoms with Gasteiger partial charge in [0.1, 0.15) is 0 Å². The Hall–Kier alpha value is 0.0700. The summed E-state index contributed by atoms with van der Waals surface area (Å²) >= 11 is 0. The van der Waals surface area contributed by atoms with E-state index in [9.17, 15) is 4.57 Å². The molecule has 0 aliphatic carbocycles. The van der Waals surface area contributed by atoms with Crippen LogP contribution in [0.3, 0.4) is 0 Å². The zero-order valence-corrected chi connectivity index (χ0v) is 7.67. The maximum absolute atomic E-state index is 10.1. The molecule has 6 heteroatoms. The summed E-state index contributed by atoms with van der Waals surface area (Å²) in [4.78, 5) is 17.8. The van der Waals surface area contributed by atoms with Crippen molar-refractivity contribution < 1.29 is 23.8 Å². The smallest absolute Gasteiger partial charge is 0.340 e. The third-order valence-corrected chi connectivity index (χ3v) is 1.60. The molecule has 0 amide bonds. The largest absolute Gasteiger partial charge is 0.469 e. The normalized spacial score (nSPS) is 12.5. The van der Waals surface area contributed by atoms with E-state index in [-0.39, 0.29) is 6.61 Å². The van der Waals surface area contributed by atoms with Crippen molar-refractivity contribution in [3.63, 3.8) is 0 Å². The quantitative estimate of drug-likeness (QED) is 0.364. The Balaban J connectivity index is 3.22. The maximum Gasteiger partial charge on any atom is 0.469 e. The van der Waals surface area contributed by atoms with Crippen molar-refractivity contribution in [2.45, 2.75) is 6.42 Å². The predicted molar refractivity (Wildman–Crippen MR) is 40.3 cm³/mol. The zero-order chi connectivity index (χ0) is 8.91. The van der Waals surface area contributed by atoms with Crippen molar-refractivity contribution in [3.05, 3.63) is 0 Å². The Morgan fingerprint density at radius 3 is 2.36 bits per heavy atom. The Morgan fingerprint density at radius 2 is 2.00 bits per heavy atom. The van der Waals surface area contributed by atoms with Crippen LogP contribution >= 0.6 is 7.82 Å². The predicted octanol–water partition coefficient (Wildman–Crippen LogP) is -1.37. The third kappa shape index (κ3) is 10.1. The van der Waals surface area contributed by atoms with E-state index in [1.54, 1.807) is 0 Å². The van der Waals surface area contributed by atoms with E-state index in [0.717, 1.165) is 6.54 Å². The molecule has 0 aliphatic heterocycles. The van der Waals surface area contributed by atoms with Crippen LogP contribution in [-0.2, 0) is 9.09 Å². The van der Waals surface area contributed by atoms with Crippen molar-refractivity contribution in [1.82, 2.24) is 0 Å². The van der Waals surface area contributed by atoms with Gasteiger partial charge in [-0.25, -0.2) is 4.57 Å². The number of hydrogen-bond donors (Lipinski definition) is 3. The topological polar surface area (TPSA) is 71.2 Å². The van der Waals surface area contributed by atoms with Gasteiger partial charge in [-0.2, -0.15) is 0 Å². The van der Waals surface area contributed by atoms with E-state index in [1.807, 2.05) is 14.1 Å². The van der Waals surface area contributed by atoms with Crippen LogP contribution in [0.25, 0.3) is 0 Å². The van der Waals surface area contributed by atoms with Crippen LogP contribution in [0, 0.1) is 0 Å². The molecular weight excluding hydrogens is 169 g/mol. The monoisotopic (exact) mass is 184 g/mol. The number of phosphoric ester groups is 1. The van der Waals surface area contributed by atoms with Crippen LogP contribution in [-0.4, -0.2) is 37.0 Å². The minimum Gasteiger partial charge on any atom is -0.340 e. The summed E-state index contributed by atoms with van der Waals surface area (Å²) < 4.78 is 14.4. The van der Waals surface area contributed by atoms with Crippen LogP contribution in [0.15, 0.2) is 0 Å². The minimum absolute atomic E-state index is 0.120. The van der Waals surface area contributed by atoms with E-state index < -0.39 is 7.82 Å². The van der Waals surface area contributed by atoms with E-state index >= 15 is 0 Å². The van der Waals surface area contributed by atoms with Gasteiger partial charge in [-0.05, 0) is 0 Å². The minimum atomic E-state index is -4.23. The van der Waals surface area contributed by atoms with Crippen molar-refractivity contribution in [2.24, 2.45) is 0 Å². The number of hydrogen-bond acceptors (Lipinski definition) is 2. The van der Waals surface area contributed by atoms with Gasteiger partial charge in [0.15, 0.2) is 0 Å². The summed E-state index contributed by atoms with van der Waals surface area (Å²) in [5, 5.41) is 0. The first-order valence-electron chi connectivity index (χ1n) is 3.41. The molecule has 0 atom stereocenters. The molecule has 0 saturated heterocycles. The fourth-order valence-electron chi connectivity index (χ4n) is 0.609. The van der Waals surface area contributed by atoms with Crippen molar-refractivity contribution >= 4 is 7.82 Å². The molecule has 0 aromatic heterocycles. The molecule has 0 heterocycles. The summed E-state index contributed by atoms with van der Waals surface area (Å²) in [5.74, 6) is 0. The van der Waals surface area contributed by atoms with Gasteiger partial charge >= 0.3 is 7.82 Å². The summed E-state index contributed by atoms with van der Waals surface area (Å²) in [6.07, 6.45) is 0.660. The average Bonchev–Trinajstić information content (AvgIpc) is 1.78. The molecule has 0 unspecified atom stereocenters. The summed E-state index contributed by atoms with van der Waals surface area (Å²) in [7, 11) is -0.295. The molecule has 0 saturated carbocycles. The Labute approximate surface area is 66.2 Å². The molecule has 0 spiro atoms. The first-order valence-corrected chi connectivity index (χ1v) is 4.94. The Morgan fingerprint density at radius 1 is 1.45 bits per heavy atom. The van der Waals surface area contributed by atoms with E-state index in [2.05, 4.69) is 4.52 Å². The Kier molecular flexibility index (Phi) is 4.88. The second-order valence-corrected chi connectivity index (χ2v) is 3.87. The van der Waals surface area contributed by atoms with Crippen LogP contribution < -0.4 is 4.90 Å². The van der Waals surface area contributed by atoms with E-state index in [1.165, 1.54) is 4.90 Å². The molecule has 0 rings (SSSR count). The number of phosphoric acid groups is 1. The lowest BCUT2D eigenvalue weighted by molar-refractivity contribution is -0.858. The number of rotatable bonds is 5. The lowest BCUT2D eigenvalue weighted by atomic mass is 10.4. The van der Waals surface area contributed by atoms with E-state index in [0.29, 0.717) is 6.42 Å². The van der Waals surface area contributed by atoms with Gasteiger partial charge < -0.3 is 14.7 Å². The van der Waals surface area contributed by atoms with Gasteiger partial charge in [0, 0.05) is 6.42 Å². The summed E-state index contributed by atoms with van der Waals surface area (Å²) in [6.45, 7) is 0.968. The molecule has 68 valence electrons. The molecule has 0 bridgehead atoms. The van der Waals surface area contributed by atoms with Gasteiger partial charge in [-0.3, -0.25) is 4.52 Å². The molecule has 0 aromatic carbocycles. The first-order chi connectivity index (χ1) is 4.92. The molecular formula is C5H15NO4P+. The van der Waals surface area contributed by atoms with Gasteiger partial charge in [0.25, 0.3) is 0 Å². The molecule has 5 nitrogen and oxygen atoms in total. The van der Waals surface area contributed by atoms with Gasteiger partial charge in [0.2, 0.25) is 0 Å². The van der Waals surface area contributed by atoms with Gasteiger partial charge in [-0.15, -0.1) is 0 Å². The highest BCUT2D eigenvalue weighted by molar-refractivity contribution is 7.46. The number of quaternary nitrogens is 1. The maximum atomic E-state index is 10.1. The highest BCUT2D eigenvalue weighted by Crippen LogP contribution is 2.35. The van der Waals surface area contributed by atoms with Crippen molar-refractivity contribution in [2.75, 3.05) is 27.2 Å². The fraction of sp³-hybridized carbons (Fsp3) is 1.00. The van der Waals surface area contributed by atoms with Crippen LogP contribution in [0.4, 0.5) is 0 Å². The molecule has 0 aromatic rings.